The molecule has 18 heavy (non-hydrogen) atoms. The lowest BCUT2D eigenvalue weighted by Gasteiger charge is -2.23. The van der Waals surface area contributed by atoms with Crippen molar-refractivity contribution in [3.05, 3.63) is 6.33 Å². The summed E-state index contributed by atoms with van der Waals surface area (Å²) in [5, 5.41) is 0. The van der Waals surface area contributed by atoms with Crippen LogP contribution in [-0.2, 0) is 0 Å². The Hall–Kier alpha value is -1.30. The van der Waals surface area contributed by atoms with Gasteiger partial charge in [-0.05, 0) is 12.8 Å². The summed E-state index contributed by atoms with van der Waals surface area (Å²) < 4.78 is 8.49. The molecule has 0 unspecified atom stereocenters. The quantitative estimate of drug-likeness (QED) is 0.770. The van der Waals surface area contributed by atoms with E-state index in [1.165, 1.54) is 37.4 Å². The van der Waals surface area contributed by atoms with Crippen LogP contribution < -0.4 is 4.90 Å². The minimum absolute atomic E-state index is 0.711. The Morgan fingerprint density at radius 1 is 1.06 bits per heavy atom. The van der Waals surface area contributed by atoms with Crippen molar-refractivity contribution in [2.45, 2.75) is 39.5 Å². The summed E-state index contributed by atoms with van der Waals surface area (Å²) in [5.74, 6) is 0.940. The van der Waals surface area contributed by atoms with Gasteiger partial charge in [-0.2, -0.15) is 8.75 Å². The van der Waals surface area contributed by atoms with Crippen molar-refractivity contribution in [2.75, 3.05) is 18.0 Å². The van der Waals surface area contributed by atoms with Gasteiger partial charge in [-0.25, -0.2) is 9.97 Å². The van der Waals surface area contributed by atoms with E-state index in [2.05, 4.69) is 37.5 Å². The average molecular weight is 265 g/mol. The number of aromatic nitrogens is 4. The molecule has 5 nitrogen and oxygen atoms in total. The third kappa shape index (κ3) is 2.93. The minimum atomic E-state index is 0.711. The van der Waals surface area contributed by atoms with E-state index in [9.17, 15) is 0 Å². The molecule has 2 aromatic heterocycles. The van der Waals surface area contributed by atoms with Gasteiger partial charge in [-0.1, -0.05) is 26.7 Å². The average Bonchev–Trinajstić information content (AvgIpc) is 2.87. The van der Waals surface area contributed by atoms with Gasteiger partial charge in [-0.15, -0.1) is 0 Å². The number of rotatable bonds is 7. The molecule has 0 spiro atoms. The van der Waals surface area contributed by atoms with Gasteiger partial charge >= 0.3 is 0 Å². The molecule has 0 radical (unpaired) electrons. The van der Waals surface area contributed by atoms with Gasteiger partial charge in [0.05, 0.1) is 11.7 Å². The second-order valence-electron chi connectivity index (χ2n) is 4.33. The van der Waals surface area contributed by atoms with E-state index in [4.69, 9.17) is 0 Å². The predicted molar refractivity (Wildman–Crippen MR) is 75.0 cm³/mol. The largest absolute Gasteiger partial charge is 0.355 e. The summed E-state index contributed by atoms with van der Waals surface area (Å²) in [6, 6.07) is 0. The Kier molecular flexibility index (Phi) is 4.81. The van der Waals surface area contributed by atoms with Crippen molar-refractivity contribution in [1.82, 2.24) is 18.7 Å². The number of unbranched alkanes of at least 4 members (excludes halogenated alkanes) is 2. The predicted octanol–water partition coefficient (Wildman–Crippen LogP) is 2.89. The van der Waals surface area contributed by atoms with Gasteiger partial charge in [0.15, 0.2) is 17.0 Å². The molecular weight excluding hydrogens is 246 g/mol. The lowest BCUT2D eigenvalue weighted by Crippen LogP contribution is -2.26. The second-order valence-corrected chi connectivity index (χ2v) is 4.86. The highest BCUT2D eigenvalue weighted by molar-refractivity contribution is 7.00. The molecule has 2 rings (SSSR count). The molecule has 0 saturated carbocycles. The van der Waals surface area contributed by atoms with Gasteiger partial charge in [0.25, 0.3) is 0 Å². The summed E-state index contributed by atoms with van der Waals surface area (Å²) in [7, 11) is 0. The molecule has 0 aliphatic heterocycles. The van der Waals surface area contributed by atoms with Gasteiger partial charge in [0.1, 0.15) is 6.33 Å². The first kappa shape index (κ1) is 13.1. The highest BCUT2D eigenvalue weighted by Gasteiger charge is 2.14. The van der Waals surface area contributed by atoms with Gasteiger partial charge in [0, 0.05) is 13.1 Å². The molecule has 0 aliphatic rings. The lowest BCUT2D eigenvalue weighted by atomic mass is 10.2. The van der Waals surface area contributed by atoms with Crippen LogP contribution in [0.4, 0.5) is 5.82 Å². The van der Waals surface area contributed by atoms with Crippen molar-refractivity contribution < 1.29 is 0 Å². The fourth-order valence-corrected chi connectivity index (χ4v) is 2.36. The van der Waals surface area contributed by atoms with Gasteiger partial charge in [-0.3, -0.25) is 0 Å². The van der Waals surface area contributed by atoms with Crippen molar-refractivity contribution in [3.8, 4) is 0 Å². The molecule has 0 saturated heterocycles. The molecule has 0 aliphatic carbocycles. The topological polar surface area (TPSA) is 54.8 Å². The maximum absolute atomic E-state index is 4.40. The monoisotopic (exact) mass is 265 g/mol. The molecule has 2 heterocycles. The van der Waals surface area contributed by atoms with E-state index in [1.54, 1.807) is 6.33 Å². The zero-order chi connectivity index (χ0) is 12.8. The Bertz CT molecular complexity index is 476. The second kappa shape index (κ2) is 6.58. The molecule has 2 aromatic rings. The lowest BCUT2D eigenvalue weighted by molar-refractivity contribution is 0.672. The first-order valence-electron chi connectivity index (χ1n) is 6.55. The third-order valence-corrected chi connectivity index (χ3v) is 3.42. The van der Waals surface area contributed by atoms with E-state index in [0.29, 0.717) is 5.65 Å². The molecule has 0 fully saturated rings. The smallest absolute Gasteiger partial charge is 0.198 e. The number of hydrogen-bond donors (Lipinski definition) is 0. The summed E-state index contributed by atoms with van der Waals surface area (Å²) in [4.78, 5) is 10.9. The molecule has 0 bridgehead atoms. The van der Waals surface area contributed by atoms with Crippen molar-refractivity contribution >= 4 is 28.7 Å². The van der Waals surface area contributed by atoms with Crippen molar-refractivity contribution in [3.63, 3.8) is 0 Å². The van der Waals surface area contributed by atoms with Gasteiger partial charge < -0.3 is 4.90 Å². The summed E-state index contributed by atoms with van der Waals surface area (Å²) in [6.07, 6.45) is 6.31. The van der Waals surface area contributed by atoms with Crippen LogP contribution in [0.5, 0.6) is 0 Å². The van der Waals surface area contributed by atoms with Crippen LogP contribution in [-0.4, -0.2) is 31.8 Å². The van der Waals surface area contributed by atoms with Crippen molar-refractivity contribution in [2.24, 2.45) is 0 Å². The zero-order valence-corrected chi connectivity index (χ0v) is 11.8. The minimum Gasteiger partial charge on any atom is -0.355 e. The summed E-state index contributed by atoms with van der Waals surface area (Å²) >= 11 is 1.20. The fourth-order valence-electron chi connectivity index (χ4n) is 1.86. The highest BCUT2D eigenvalue weighted by Crippen LogP contribution is 2.21. The van der Waals surface area contributed by atoms with Crippen LogP contribution in [0.3, 0.4) is 0 Å². The van der Waals surface area contributed by atoms with Crippen LogP contribution in [0.1, 0.15) is 39.5 Å². The Morgan fingerprint density at radius 2 is 1.78 bits per heavy atom. The number of anilines is 1. The Labute approximate surface area is 112 Å². The maximum Gasteiger partial charge on any atom is 0.198 e. The zero-order valence-electron chi connectivity index (χ0n) is 11.0. The molecule has 0 atom stereocenters. The SMILES string of the molecule is CCCCN(CCCC)c1ncnc2nsnc12. The Morgan fingerprint density at radius 3 is 2.44 bits per heavy atom. The van der Waals surface area contributed by atoms with E-state index < -0.39 is 0 Å². The molecule has 6 heteroatoms. The van der Waals surface area contributed by atoms with Crippen LogP contribution in [0.25, 0.3) is 11.2 Å². The van der Waals surface area contributed by atoms with E-state index in [0.717, 1.165) is 24.4 Å². The van der Waals surface area contributed by atoms with Crippen LogP contribution in [0, 0.1) is 0 Å². The van der Waals surface area contributed by atoms with Gasteiger partial charge in [0.2, 0.25) is 0 Å². The number of hydrogen-bond acceptors (Lipinski definition) is 6. The summed E-state index contributed by atoms with van der Waals surface area (Å²) in [6.45, 7) is 6.47. The van der Waals surface area contributed by atoms with Crippen LogP contribution in [0.2, 0.25) is 0 Å². The number of fused-ring (bicyclic) bond motifs is 1. The maximum atomic E-state index is 4.40. The Balaban J connectivity index is 2.24. The first-order chi connectivity index (χ1) is 8.86. The summed E-state index contributed by atoms with van der Waals surface area (Å²) in [5.41, 5.74) is 1.55. The fraction of sp³-hybridized carbons (Fsp3) is 0.667. The van der Waals surface area contributed by atoms with E-state index >= 15 is 0 Å². The normalized spacial score (nSPS) is 11.0. The highest BCUT2D eigenvalue weighted by atomic mass is 32.1. The van der Waals surface area contributed by atoms with E-state index in [-0.39, 0.29) is 0 Å². The molecule has 0 aromatic carbocycles. The number of nitrogens with zero attached hydrogens (tertiary/aromatic N) is 5. The first-order valence-corrected chi connectivity index (χ1v) is 7.28. The molecule has 0 amide bonds. The third-order valence-electron chi connectivity index (χ3n) is 2.91. The van der Waals surface area contributed by atoms with Crippen molar-refractivity contribution in [1.29, 1.82) is 0 Å². The van der Waals surface area contributed by atoms with Crippen LogP contribution in [0.15, 0.2) is 6.33 Å². The molecule has 98 valence electrons. The molecular formula is C12H19N5S. The van der Waals surface area contributed by atoms with E-state index in [1.807, 2.05) is 0 Å². The van der Waals surface area contributed by atoms with Crippen LogP contribution >= 0.6 is 11.7 Å². The standard InChI is InChI=1S/C12H19N5S/c1-3-5-7-17(8-6-4-2)12-10-11(13-9-14-12)16-18-15-10/h9H,3-8H2,1-2H3. The molecule has 0 N–H and O–H groups in total.